The minimum Gasteiger partial charge on any atom is -0.333 e. The molecule has 1 amide bonds. The van der Waals surface area contributed by atoms with Crippen LogP contribution in [-0.4, -0.2) is 36.6 Å². The number of para-hydroxylation sites is 2. The van der Waals surface area contributed by atoms with Gasteiger partial charge in [0.15, 0.2) is 10.9 Å². The molecule has 0 spiro atoms. The van der Waals surface area contributed by atoms with Crippen LogP contribution in [0.1, 0.15) is 10.5 Å². The van der Waals surface area contributed by atoms with E-state index in [2.05, 4.69) is 20.3 Å². The largest absolute Gasteiger partial charge is 0.333 e. The molecule has 3 aromatic rings. The van der Waals surface area contributed by atoms with E-state index in [9.17, 15) is 4.79 Å². The van der Waals surface area contributed by atoms with Gasteiger partial charge in [0.25, 0.3) is 5.91 Å². The SMILES string of the molecule is NNC(=O)c1cn(CCSc2nc3ccccc3[nH]2)nn1. The molecule has 0 aliphatic carbocycles. The third-order valence-electron chi connectivity index (χ3n) is 2.83. The molecule has 9 heteroatoms. The van der Waals surface area contributed by atoms with E-state index in [-0.39, 0.29) is 5.69 Å². The van der Waals surface area contributed by atoms with Gasteiger partial charge in [-0.05, 0) is 12.1 Å². The number of nitrogen functional groups attached to an aromatic ring is 1. The number of amides is 1. The van der Waals surface area contributed by atoms with Gasteiger partial charge < -0.3 is 4.98 Å². The number of hydrogen-bond donors (Lipinski definition) is 3. The summed E-state index contributed by atoms with van der Waals surface area (Å²) in [6, 6.07) is 7.87. The van der Waals surface area contributed by atoms with Crippen molar-refractivity contribution in [1.82, 2.24) is 30.4 Å². The summed E-state index contributed by atoms with van der Waals surface area (Å²) < 4.78 is 1.60. The van der Waals surface area contributed by atoms with Gasteiger partial charge in [0.1, 0.15) is 0 Å². The summed E-state index contributed by atoms with van der Waals surface area (Å²) in [5.74, 6) is 5.34. The predicted molar refractivity (Wildman–Crippen MR) is 78.5 cm³/mol. The van der Waals surface area contributed by atoms with Gasteiger partial charge in [-0.2, -0.15) is 0 Å². The third kappa shape index (κ3) is 3.03. The number of fused-ring (bicyclic) bond motifs is 1. The van der Waals surface area contributed by atoms with Crippen LogP contribution in [0, 0.1) is 0 Å². The number of nitrogens with two attached hydrogens (primary N) is 1. The molecule has 4 N–H and O–H groups in total. The topological polar surface area (TPSA) is 115 Å². The molecule has 0 bridgehead atoms. The second kappa shape index (κ2) is 5.94. The number of aromatic nitrogens is 5. The fraction of sp³-hybridized carbons (Fsp3) is 0.167. The third-order valence-corrected chi connectivity index (χ3v) is 3.68. The number of carbonyl (C=O) groups is 1. The Morgan fingerprint density at radius 3 is 3.10 bits per heavy atom. The molecule has 0 radical (unpaired) electrons. The lowest BCUT2D eigenvalue weighted by atomic mass is 10.3. The van der Waals surface area contributed by atoms with E-state index >= 15 is 0 Å². The highest BCUT2D eigenvalue weighted by atomic mass is 32.2. The molecule has 0 saturated heterocycles. The van der Waals surface area contributed by atoms with Crippen molar-refractivity contribution in [3.8, 4) is 0 Å². The molecule has 0 unspecified atom stereocenters. The van der Waals surface area contributed by atoms with Gasteiger partial charge in [0.05, 0.1) is 23.8 Å². The summed E-state index contributed by atoms with van der Waals surface area (Å²) in [6.45, 7) is 0.618. The molecule has 8 nitrogen and oxygen atoms in total. The number of nitrogens with zero attached hydrogens (tertiary/aromatic N) is 4. The van der Waals surface area contributed by atoms with Crippen LogP contribution in [-0.2, 0) is 6.54 Å². The lowest BCUT2D eigenvalue weighted by molar-refractivity contribution is 0.0948. The quantitative estimate of drug-likeness (QED) is 0.274. The number of H-pyrrole nitrogens is 1. The number of benzene rings is 1. The second-order valence-electron chi connectivity index (χ2n) is 4.25. The molecule has 2 aromatic heterocycles. The molecule has 0 aliphatic heterocycles. The molecule has 108 valence electrons. The van der Waals surface area contributed by atoms with Crippen molar-refractivity contribution in [3.05, 3.63) is 36.2 Å². The maximum absolute atomic E-state index is 11.2. The number of aromatic amines is 1. The summed E-state index contributed by atoms with van der Waals surface area (Å²) in [5.41, 5.74) is 4.18. The first-order valence-electron chi connectivity index (χ1n) is 6.25. The normalized spacial score (nSPS) is 10.9. The molecule has 21 heavy (non-hydrogen) atoms. The van der Waals surface area contributed by atoms with Crippen molar-refractivity contribution in [1.29, 1.82) is 0 Å². The van der Waals surface area contributed by atoms with Crippen LogP contribution in [0.4, 0.5) is 0 Å². The molecule has 0 saturated carbocycles. The van der Waals surface area contributed by atoms with Crippen molar-refractivity contribution in [2.75, 3.05) is 5.75 Å². The minimum atomic E-state index is -0.453. The Labute approximate surface area is 124 Å². The second-order valence-corrected chi connectivity index (χ2v) is 5.33. The van der Waals surface area contributed by atoms with Crippen LogP contribution in [0.15, 0.2) is 35.6 Å². The fourth-order valence-corrected chi connectivity index (χ4v) is 2.64. The smallest absolute Gasteiger partial charge is 0.287 e. The number of carbonyl (C=O) groups excluding carboxylic acids is 1. The van der Waals surface area contributed by atoms with E-state index in [0.717, 1.165) is 21.9 Å². The number of imidazole rings is 1. The molecule has 0 fully saturated rings. The molecule has 0 atom stereocenters. The highest BCUT2D eigenvalue weighted by Crippen LogP contribution is 2.19. The summed E-state index contributed by atoms with van der Waals surface area (Å²) in [6.07, 6.45) is 1.56. The Hall–Kier alpha value is -2.39. The number of hydrogen-bond acceptors (Lipinski definition) is 6. The number of aryl methyl sites for hydroxylation is 1. The first-order valence-corrected chi connectivity index (χ1v) is 7.23. The summed E-state index contributed by atoms with van der Waals surface area (Å²) in [4.78, 5) is 19.0. The fourth-order valence-electron chi connectivity index (χ4n) is 1.82. The lowest BCUT2D eigenvalue weighted by Crippen LogP contribution is -2.30. The Bertz CT molecular complexity index is 733. The van der Waals surface area contributed by atoms with E-state index < -0.39 is 5.91 Å². The standard InChI is InChI=1S/C12H13N7OS/c13-16-11(20)10-7-19(18-17-10)5-6-21-12-14-8-3-1-2-4-9(8)15-12/h1-4,7H,5-6,13H2,(H,14,15)(H,16,20). The van der Waals surface area contributed by atoms with Crippen molar-refractivity contribution in [2.24, 2.45) is 5.84 Å². The van der Waals surface area contributed by atoms with Gasteiger partial charge in [-0.1, -0.05) is 29.1 Å². The van der Waals surface area contributed by atoms with Gasteiger partial charge in [-0.3, -0.25) is 14.9 Å². The van der Waals surface area contributed by atoms with Crippen LogP contribution < -0.4 is 11.3 Å². The average Bonchev–Trinajstić information content (AvgIpc) is 3.12. The maximum atomic E-state index is 11.2. The van der Waals surface area contributed by atoms with Gasteiger partial charge in [0.2, 0.25) is 0 Å². The Morgan fingerprint density at radius 2 is 2.29 bits per heavy atom. The van der Waals surface area contributed by atoms with Crippen LogP contribution in [0.5, 0.6) is 0 Å². The van der Waals surface area contributed by atoms with Gasteiger partial charge >= 0.3 is 0 Å². The Kier molecular flexibility index (Phi) is 3.84. The Balaban J connectivity index is 1.58. The number of thioether (sulfide) groups is 1. The summed E-state index contributed by atoms with van der Waals surface area (Å²) in [5, 5.41) is 8.46. The predicted octanol–water partition coefficient (Wildman–Crippen LogP) is 0.550. The summed E-state index contributed by atoms with van der Waals surface area (Å²) >= 11 is 1.58. The van der Waals surface area contributed by atoms with E-state index in [1.54, 1.807) is 22.6 Å². The molecular weight excluding hydrogens is 290 g/mol. The lowest BCUT2D eigenvalue weighted by Gasteiger charge is -1.98. The summed E-state index contributed by atoms with van der Waals surface area (Å²) in [7, 11) is 0. The van der Waals surface area contributed by atoms with Crippen molar-refractivity contribution in [2.45, 2.75) is 11.7 Å². The molecule has 0 aliphatic rings. The monoisotopic (exact) mass is 303 g/mol. The highest BCUT2D eigenvalue weighted by molar-refractivity contribution is 7.99. The van der Waals surface area contributed by atoms with Crippen molar-refractivity contribution < 1.29 is 4.79 Å². The zero-order valence-corrected chi connectivity index (χ0v) is 11.8. The van der Waals surface area contributed by atoms with Crippen molar-refractivity contribution in [3.63, 3.8) is 0 Å². The Morgan fingerprint density at radius 1 is 1.43 bits per heavy atom. The number of rotatable bonds is 5. The average molecular weight is 303 g/mol. The van der Waals surface area contributed by atoms with Gasteiger partial charge in [-0.25, -0.2) is 10.8 Å². The van der Waals surface area contributed by atoms with E-state index in [1.165, 1.54) is 0 Å². The van der Waals surface area contributed by atoms with Gasteiger partial charge in [-0.15, -0.1) is 5.10 Å². The molecule has 2 heterocycles. The van der Waals surface area contributed by atoms with Crippen molar-refractivity contribution >= 4 is 28.7 Å². The number of nitrogens with one attached hydrogen (secondary N) is 2. The van der Waals surface area contributed by atoms with Crippen LogP contribution in [0.25, 0.3) is 11.0 Å². The van der Waals surface area contributed by atoms with Gasteiger partial charge in [0, 0.05) is 5.75 Å². The first kappa shape index (κ1) is 13.6. The van der Waals surface area contributed by atoms with Crippen LogP contribution >= 0.6 is 11.8 Å². The van der Waals surface area contributed by atoms with E-state index in [4.69, 9.17) is 5.84 Å². The zero-order chi connectivity index (χ0) is 14.7. The van der Waals surface area contributed by atoms with E-state index in [0.29, 0.717) is 6.54 Å². The van der Waals surface area contributed by atoms with Crippen LogP contribution in [0.3, 0.4) is 0 Å². The zero-order valence-electron chi connectivity index (χ0n) is 11.0. The highest BCUT2D eigenvalue weighted by Gasteiger charge is 2.09. The van der Waals surface area contributed by atoms with E-state index in [1.807, 2.05) is 29.7 Å². The van der Waals surface area contributed by atoms with Crippen LogP contribution in [0.2, 0.25) is 0 Å². The molecule has 3 rings (SSSR count). The molecular formula is C12H13N7OS. The number of hydrazine groups is 1. The minimum absolute atomic E-state index is 0.200. The maximum Gasteiger partial charge on any atom is 0.287 e. The molecule has 1 aromatic carbocycles. The first-order chi connectivity index (χ1) is 10.3.